The molecule has 0 aliphatic rings. The maximum Gasteiger partial charge on any atom is 0.255 e. The second-order valence-electron chi connectivity index (χ2n) is 3.92. The van der Waals surface area contributed by atoms with E-state index < -0.39 is 0 Å². The molecule has 1 amide bonds. The summed E-state index contributed by atoms with van der Waals surface area (Å²) in [5, 5.41) is 0. The Kier molecular flexibility index (Phi) is 3.81. The molecule has 1 aromatic carbocycles. The number of hydrogen-bond acceptors (Lipinski definition) is 2. The lowest BCUT2D eigenvalue weighted by Gasteiger charge is -2.17. The highest BCUT2D eigenvalue weighted by molar-refractivity contribution is 9.10. The van der Waals surface area contributed by atoms with Gasteiger partial charge in [0.25, 0.3) is 5.91 Å². The van der Waals surface area contributed by atoms with Crippen LogP contribution in [0.5, 0.6) is 0 Å². The van der Waals surface area contributed by atoms with Crippen LogP contribution in [0, 0.1) is 5.82 Å². The van der Waals surface area contributed by atoms with Crippen LogP contribution in [0.25, 0.3) is 0 Å². The minimum absolute atomic E-state index is 0.178. The van der Waals surface area contributed by atoms with Crippen LogP contribution in [-0.4, -0.2) is 17.9 Å². The van der Waals surface area contributed by atoms with E-state index in [0.29, 0.717) is 16.6 Å². The summed E-state index contributed by atoms with van der Waals surface area (Å²) < 4.78 is 18.3. The molecular weight excluding hydrogens is 301 g/mol. The third-order valence-electron chi connectivity index (χ3n) is 2.51. The highest BCUT2D eigenvalue weighted by Gasteiger charge is 2.15. The van der Waals surface area contributed by atoms with E-state index in [9.17, 15) is 9.18 Å². The van der Waals surface area contributed by atoms with Crippen molar-refractivity contribution in [3.8, 4) is 0 Å². The van der Waals surface area contributed by atoms with Crippen molar-refractivity contribution in [2.45, 2.75) is 6.54 Å². The number of nitrogens with zero attached hydrogens (tertiary/aromatic N) is 1. The van der Waals surface area contributed by atoms with E-state index in [1.54, 1.807) is 30.5 Å². The maximum absolute atomic E-state index is 12.9. The lowest BCUT2D eigenvalue weighted by molar-refractivity contribution is 0.0784. The Bertz CT molecular complexity index is 554. The van der Waals surface area contributed by atoms with E-state index in [-0.39, 0.29) is 11.7 Å². The standard InChI is InChI=1S/C13H11BrFNO2/c1-16(7-9-4-5-18-8-9)13(17)11-3-2-10(15)6-12(11)14/h2-6,8H,7H2,1H3. The predicted octanol–water partition coefficient (Wildman–Crippen LogP) is 3.45. The fourth-order valence-corrected chi connectivity index (χ4v) is 2.12. The van der Waals surface area contributed by atoms with Crippen LogP contribution in [0.1, 0.15) is 15.9 Å². The van der Waals surface area contributed by atoms with E-state index in [1.165, 1.54) is 18.2 Å². The van der Waals surface area contributed by atoms with Crippen LogP contribution in [-0.2, 0) is 6.54 Å². The number of amides is 1. The molecule has 94 valence electrons. The number of benzene rings is 1. The van der Waals surface area contributed by atoms with Gasteiger partial charge in [0.2, 0.25) is 0 Å². The van der Waals surface area contributed by atoms with E-state index in [1.807, 2.05) is 0 Å². The largest absolute Gasteiger partial charge is 0.472 e. The summed E-state index contributed by atoms with van der Waals surface area (Å²) in [5.41, 5.74) is 1.34. The van der Waals surface area contributed by atoms with Crippen LogP contribution >= 0.6 is 15.9 Å². The van der Waals surface area contributed by atoms with Gasteiger partial charge in [-0.3, -0.25) is 4.79 Å². The van der Waals surface area contributed by atoms with Crippen molar-refractivity contribution in [2.75, 3.05) is 7.05 Å². The molecule has 0 spiro atoms. The van der Waals surface area contributed by atoms with Gasteiger partial charge in [-0.05, 0) is 40.2 Å². The molecule has 18 heavy (non-hydrogen) atoms. The van der Waals surface area contributed by atoms with Gasteiger partial charge in [0, 0.05) is 23.6 Å². The summed E-state index contributed by atoms with van der Waals surface area (Å²) in [6.07, 6.45) is 3.14. The Morgan fingerprint density at radius 1 is 1.44 bits per heavy atom. The Morgan fingerprint density at radius 3 is 2.83 bits per heavy atom. The zero-order valence-electron chi connectivity index (χ0n) is 9.69. The Hall–Kier alpha value is -1.62. The highest BCUT2D eigenvalue weighted by Crippen LogP contribution is 2.20. The third kappa shape index (κ3) is 2.79. The van der Waals surface area contributed by atoms with Crippen molar-refractivity contribution in [1.29, 1.82) is 0 Å². The third-order valence-corrected chi connectivity index (χ3v) is 3.16. The normalized spacial score (nSPS) is 10.4. The van der Waals surface area contributed by atoms with Crippen LogP contribution in [0.3, 0.4) is 0 Å². The van der Waals surface area contributed by atoms with Crippen LogP contribution < -0.4 is 0 Å². The molecule has 0 atom stereocenters. The van der Waals surface area contributed by atoms with Crippen molar-refractivity contribution in [2.24, 2.45) is 0 Å². The summed E-state index contributed by atoms with van der Waals surface area (Å²) in [5.74, 6) is -0.556. The molecule has 5 heteroatoms. The fourth-order valence-electron chi connectivity index (χ4n) is 1.60. The highest BCUT2D eigenvalue weighted by atomic mass is 79.9. The maximum atomic E-state index is 12.9. The average Bonchev–Trinajstić information content (AvgIpc) is 2.81. The average molecular weight is 312 g/mol. The molecule has 0 unspecified atom stereocenters. The van der Waals surface area contributed by atoms with Crippen molar-refractivity contribution in [1.82, 2.24) is 4.90 Å². The molecule has 2 aromatic rings. The van der Waals surface area contributed by atoms with Crippen LogP contribution in [0.15, 0.2) is 45.7 Å². The zero-order chi connectivity index (χ0) is 13.1. The molecule has 1 heterocycles. The zero-order valence-corrected chi connectivity index (χ0v) is 11.3. The second-order valence-corrected chi connectivity index (χ2v) is 4.77. The molecule has 0 N–H and O–H groups in total. The molecule has 2 rings (SSSR count). The minimum atomic E-state index is -0.379. The number of hydrogen-bond donors (Lipinski definition) is 0. The van der Waals surface area contributed by atoms with E-state index in [2.05, 4.69) is 15.9 Å². The number of carbonyl (C=O) groups is 1. The number of rotatable bonds is 3. The van der Waals surface area contributed by atoms with Crippen LogP contribution in [0.4, 0.5) is 4.39 Å². The van der Waals surface area contributed by atoms with Crippen molar-refractivity contribution in [3.63, 3.8) is 0 Å². The van der Waals surface area contributed by atoms with Gasteiger partial charge in [0.05, 0.1) is 18.1 Å². The molecule has 0 bridgehead atoms. The van der Waals surface area contributed by atoms with Gasteiger partial charge < -0.3 is 9.32 Å². The van der Waals surface area contributed by atoms with Gasteiger partial charge in [-0.25, -0.2) is 4.39 Å². The summed E-state index contributed by atoms with van der Waals surface area (Å²) >= 11 is 3.19. The lowest BCUT2D eigenvalue weighted by Crippen LogP contribution is -2.26. The first-order chi connectivity index (χ1) is 8.58. The molecule has 1 aromatic heterocycles. The molecule has 0 saturated carbocycles. The monoisotopic (exact) mass is 311 g/mol. The summed E-state index contributed by atoms with van der Waals surface area (Å²) in [6, 6.07) is 5.81. The molecule has 0 saturated heterocycles. The van der Waals surface area contributed by atoms with Gasteiger partial charge in [-0.15, -0.1) is 0 Å². The molecule has 0 aliphatic heterocycles. The van der Waals surface area contributed by atoms with Gasteiger partial charge in [0.15, 0.2) is 0 Å². The number of carbonyl (C=O) groups excluding carboxylic acids is 1. The first-order valence-corrected chi connectivity index (χ1v) is 6.09. The van der Waals surface area contributed by atoms with Crippen molar-refractivity contribution in [3.05, 3.63) is 58.2 Å². The van der Waals surface area contributed by atoms with E-state index >= 15 is 0 Å². The first-order valence-electron chi connectivity index (χ1n) is 5.29. The second kappa shape index (κ2) is 5.35. The van der Waals surface area contributed by atoms with Gasteiger partial charge in [-0.1, -0.05) is 0 Å². The van der Waals surface area contributed by atoms with Gasteiger partial charge in [-0.2, -0.15) is 0 Å². The minimum Gasteiger partial charge on any atom is -0.472 e. The quantitative estimate of drug-likeness (QED) is 0.870. The summed E-state index contributed by atoms with van der Waals surface area (Å²) in [7, 11) is 1.69. The van der Waals surface area contributed by atoms with E-state index in [4.69, 9.17) is 4.42 Å². The fraction of sp³-hybridized carbons (Fsp3) is 0.154. The predicted molar refractivity (Wildman–Crippen MR) is 68.6 cm³/mol. The Balaban J connectivity index is 2.15. The van der Waals surface area contributed by atoms with Crippen LogP contribution in [0.2, 0.25) is 0 Å². The van der Waals surface area contributed by atoms with E-state index in [0.717, 1.165) is 5.56 Å². The van der Waals surface area contributed by atoms with Crippen molar-refractivity contribution < 1.29 is 13.6 Å². The Labute approximate surface area is 112 Å². The SMILES string of the molecule is CN(Cc1ccoc1)C(=O)c1ccc(F)cc1Br. The van der Waals surface area contributed by atoms with Gasteiger partial charge >= 0.3 is 0 Å². The number of furan rings is 1. The topological polar surface area (TPSA) is 33.5 Å². The summed E-state index contributed by atoms with van der Waals surface area (Å²) in [4.78, 5) is 13.7. The smallest absolute Gasteiger partial charge is 0.255 e. The molecule has 3 nitrogen and oxygen atoms in total. The molecule has 0 fully saturated rings. The van der Waals surface area contributed by atoms with Gasteiger partial charge in [0.1, 0.15) is 5.82 Å². The Morgan fingerprint density at radius 2 is 2.22 bits per heavy atom. The molecule has 0 aliphatic carbocycles. The van der Waals surface area contributed by atoms with Crippen molar-refractivity contribution >= 4 is 21.8 Å². The molecular formula is C13H11BrFNO2. The lowest BCUT2D eigenvalue weighted by atomic mass is 10.2. The summed E-state index contributed by atoms with van der Waals surface area (Å²) in [6.45, 7) is 0.444. The first kappa shape index (κ1) is 12.8. The number of halogens is 2. The molecule has 0 radical (unpaired) electrons.